The second kappa shape index (κ2) is 8.77. The number of benzene rings is 3. The van der Waals surface area contributed by atoms with E-state index in [0.29, 0.717) is 0 Å². The predicted molar refractivity (Wildman–Crippen MR) is 132 cm³/mol. The van der Waals surface area contributed by atoms with Crippen LogP contribution >= 0.6 is 11.6 Å². The van der Waals surface area contributed by atoms with Gasteiger partial charge < -0.3 is 15.1 Å². The van der Waals surface area contributed by atoms with Crippen LogP contribution in [-0.2, 0) is 0 Å². The number of pyridine rings is 1. The Morgan fingerprint density at radius 2 is 1.59 bits per heavy atom. The second-order valence-corrected chi connectivity index (χ2v) is 8.59. The molecule has 162 valence electrons. The van der Waals surface area contributed by atoms with Crippen molar-refractivity contribution in [3.8, 4) is 11.1 Å². The van der Waals surface area contributed by atoms with Gasteiger partial charge in [-0.15, -0.1) is 0 Å². The molecular formula is C26H24ClFN4. The largest absolute Gasteiger partial charge is 0.369 e. The Bertz CT molecular complexity index is 1250. The van der Waals surface area contributed by atoms with E-state index in [-0.39, 0.29) is 5.02 Å². The van der Waals surface area contributed by atoms with Gasteiger partial charge in [0, 0.05) is 54.8 Å². The maximum Gasteiger partial charge on any atom is 0.141 e. The highest BCUT2D eigenvalue weighted by Crippen LogP contribution is 2.32. The van der Waals surface area contributed by atoms with Gasteiger partial charge in [0.25, 0.3) is 0 Å². The number of halogens is 2. The predicted octanol–water partition coefficient (Wildman–Crippen LogP) is 6.19. The molecule has 3 aromatic carbocycles. The van der Waals surface area contributed by atoms with Gasteiger partial charge >= 0.3 is 0 Å². The van der Waals surface area contributed by atoms with Crippen LogP contribution in [0.15, 0.2) is 72.9 Å². The van der Waals surface area contributed by atoms with Crippen molar-refractivity contribution in [2.45, 2.75) is 0 Å². The van der Waals surface area contributed by atoms with Crippen LogP contribution < -0.4 is 10.2 Å². The average Bonchev–Trinajstić information content (AvgIpc) is 2.82. The summed E-state index contributed by atoms with van der Waals surface area (Å²) in [5.74, 6) is -0.416. The molecule has 4 aromatic rings. The molecule has 0 unspecified atom stereocenters. The first-order chi connectivity index (χ1) is 15.6. The molecule has 0 amide bonds. The molecule has 0 bridgehead atoms. The Hall–Kier alpha value is -3.15. The summed E-state index contributed by atoms with van der Waals surface area (Å²) in [6.45, 7) is 4.28. The summed E-state index contributed by atoms with van der Waals surface area (Å²) in [5.41, 5.74) is 5.95. The molecule has 0 radical (unpaired) electrons. The molecule has 0 saturated carbocycles. The van der Waals surface area contributed by atoms with Crippen LogP contribution in [-0.4, -0.2) is 43.1 Å². The lowest BCUT2D eigenvalue weighted by atomic mass is 10.0. The van der Waals surface area contributed by atoms with Gasteiger partial charge in [0.05, 0.1) is 10.5 Å². The molecule has 6 heteroatoms. The van der Waals surface area contributed by atoms with Crippen molar-refractivity contribution in [1.82, 2.24) is 9.88 Å². The average molecular weight is 447 g/mol. The molecule has 1 N–H and O–H groups in total. The normalized spacial score (nSPS) is 14.7. The Labute approximate surface area is 192 Å². The Kier molecular flexibility index (Phi) is 5.68. The minimum Gasteiger partial charge on any atom is -0.369 e. The van der Waals surface area contributed by atoms with Crippen molar-refractivity contribution in [2.75, 3.05) is 43.4 Å². The zero-order valence-corrected chi connectivity index (χ0v) is 18.6. The maximum absolute atomic E-state index is 13.6. The first-order valence-electron chi connectivity index (χ1n) is 10.7. The molecular weight excluding hydrogens is 423 g/mol. The Balaban J connectivity index is 1.42. The minimum absolute atomic E-state index is 0.118. The molecule has 1 aromatic heterocycles. The number of likely N-dealkylation sites (N-methyl/N-ethyl adjacent to an activating group) is 1. The van der Waals surface area contributed by atoms with Crippen LogP contribution in [0.25, 0.3) is 22.0 Å². The molecule has 0 spiro atoms. The summed E-state index contributed by atoms with van der Waals surface area (Å²) < 4.78 is 13.6. The first kappa shape index (κ1) is 20.7. The zero-order chi connectivity index (χ0) is 22.1. The molecule has 0 atom stereocenters. The molecule has 1 aliphatic rings. The highest BCUT2D eigenvalue weighted by Gasteiger charge is 2.14. The van der Waals surface area contributed by atoms with Crippen molar-refractivity contribution < 1.29 is 4.39 Å². The summed E-state index contributed by atoms with van der Waals surface area (Å²) in [6.07, 6.45) is 1.80. The van der Waals surface area contributed by atoms with Gasteiger partial charge in [0.15, 0.2) is 0 Å². The van der Waals surface area contributed by atoms with E-state index in [4.69, 9.17) is 11.6 Å². The zero-order valence-electron chi connectivity index (χ0n) is 17.9. The lowest BCUT2D eigenvalue weighted by Gasteiger charge is -2.34. The third-order valence-corrected chi connectivity index (χ3v) is 6.30. The topological polar surface area (TPSA) is 31.4 Å². The number of aromatic nitrogens is 1. The van der Waals surface area contributed by atoms with Crippen LogP contribution in [0.1, 0.15) is 0 Å². The van der Waals surface area contributed by atoms with E-state index in [1.165, 1.54) is 11.8 Å². The van der Waals surface area contributed by atoms with Crippen LogP contribution in [0.2, 0.25) is 5.02 Å². The third-order valence-electron chi connectivity index (χ3n) is 6.01. The van der Waals surface area contributed by atoms with Gasteiger partial charge in [-0.3, -0.25) is 4.98 Å². The smallest absolute Gasteiger partial charge is 0.141 e. The second-order valence-electron chi connectivity index (χ2n) is 8.18. The summed E-state index contributed by atoms with van der Waals surface area (Å²) >= 11 is 5.99. The lowest BCUT2D eigenvalue weighted by molar-refractivity contribution is 0.313. The lowest BCUT2D eigenvalue weighted by Crippen LogP contribution is -2.44. The fraction of sp³-hybridized carbons (Fsp3) is 0.192. The van der Waals surface area contributed by atoms with Crippen LogP contribution in [0, 0.1) is 5.82 Å². The van der Waals surface area contributed by atoms with Crippen molar-refractivity contribution in [3.05, 3.63) is 83.8 Å². The van der Waals surface area contributed by atoms with E-state index >= 15 is 0 Å². The van der Waals surface area contributed by atoms with E-state index in [2.05, 4.69) is 57.5 Å². The quantitative estimate of drug-likeness (QED) is 0.405. The third kappa shape index (κ3) is 4.27. The summed E-state index contributed by atoms with van der Waals surface area (Å²) in [6, 6.07) is 21.3. The van der Waals surface area contributed by atoms with Crippen LogP contribution in [0.5, 0.6) is 0 Å². The number of hydrogen-bond acceptors (Lipinski definition) is 4. The fourth-order valence-electron chi connectivity index (χ4n) is 4.09. The number of nitrogens with zero attached hydrogens (tertiary/aromatic N) is 3. The van der Waals surface area contributed by atoms with Gasteiger partial charge in [-0.2, -0.15) is 0 Å². The van der Waals surface area contributed by atoms with Crippen molar-refractivity contribution in [2.24, 2.45) is 0 Å². The molecule has 4 nitrogen and oxygen atoms in total. The number of rotatable bonds is 4. The molecule has 5 rings (SSSR count). The maximum atomic E-state index is 13.6. The first-order valence-corrected chi connectivity index (χ1v) is 11.1. The Morgan fingerprint density at radius 3 is 2.34 bits per heavy atom. The number of nitrogens with one attached hydrogen (secondary N) is 1. The van der Waals surface area contributed by atoms with E-state index in [1.54, 1.807) is 18.3 Å². The van der Waals surface area contributed by atoms with Crippen molar-refractivity contribution in [1.29, 1.82) is 0 Å². The number of anilines is 3. The molecule has 0 aliphatic carbocycles. The SMILES string of the molecule is CN1CCN(c2ccc(Nc3ccnc4ccc(-c5ccc(F)c(Cl)c5)cc34)cc2)CC1. The Morgan fingerprint density at radius 1 is 0.875 bits per heavy atom. The summed E-state index contributed by atoms with van der Waals surface area (Å²) in [5, 5.41) is 4.64. The summed E-state index contributed by atoms with van der Waals surface area (Å²) in [7, 11) is 2.17. The van der Waals surface area contributed by atoms with Gasteiger partial charge in [-0.1, -0.05) is 23.7 Å². The van der Waals surface area contributed by atoms with E-state index in [1.807, 2.05) is 18.2 Å². The monoisotopic (exact) mass is 446 g/mol. The number of piperazine rings is 1. The fourth-order valence-corrected chi connectivity index (χ4v) is 4.27. The molecule has 1 fully saturated rings. The molecule has 1 saturated heterocycles. The summed E-state index contributed by atoms with van der Waals surface area (Å²) in [4.78, 5) is 9.27. The number of fused-ring (bicyclic) bond motifs is 1. The van der Waals surface area contributed by atoms with E-state index < -0.39 is 5.82 Å². The van der Waals surface area contributed by atoms with Gasteiger partial charge in [0.2, 0.25) is 0 Å². The highest BCUT2D eigenvalue weighted by atomic mass is 35.5. The van der Waals surface area contributed by atoms with Crippen molar-refractivity contribution >= 4 is 39.6 Å². The van der Waals surface area contributed by atoms with Gasteiger partial charge in [0.1, 0.15) is 5.82 Å². The molecule has 32 heavy (non-hydrogen) atoms. The van der Waals surface area contributed by atoms with E-state index in [9.17, 15) is 4.39 Å². The molecule has 1 aliphatic heterocycles. The van der Waals surface area contributed by atoms with Crippen LogP contribution in [0.3, 0.4) is 0 Å². The van der Waals surface area contributed by atoms with Crippen molar-refractivity contribution in [3.63, 3.8) is 0 Å². The standard InChI is InChI=1S/C26H24ClFN4/c1-31-12-14-32(15-13-31)21-6-4-20(5-7-21)30-26-10-11-29-25-9-3-18(16-22(25)26)19-2-8-24(28)23(27)17-19/h2-11,16-17H,12-15H2,1H3,(H,29,30). The van der Waals surface area contributed by atoms with Gasteiger partial charge in [-0.25, -0.2) is 4.39 Å². The number of hydrogen-bond donors (Lipinski definition) is 1. The van der Waals surface area contributed by atoms with Crippen LogP contribution in [0.4, 0.5) is 21.5 Å². The van der Waals surface area contributed by atoms with E-state index in [0.717, 1.165) is 59.6 Å². The minimum atomic E-state index is -0.416. The van der Waals surface area contributed by atoms with Gasteiger partial charge in [-0.05, 0) is 72.8 Å². The molecule has 2 heterocycles. The highest BCUT2D eigenvalue weighted by molar-refractivity contribution is 6.31.